The van der Waals surface area contributed by atoms with Gasteiger partial charge in [-0.05, 0) is 67.4 Å². The summed E-state index contributed by atoms with van der Waals surface area (Å²) in [6.07, 6.45) is 10.4. The molecule has 2 atom stereocenters. The quantitative estimate of drug-likeness (QED) is 0.504. The van der Waals surface area contributed by atoms with E-state index in [0.29, 0.717) is 22.4 Å². The highest BCUT2D eigenvalue weighted by atomic mass is 32.2. The summed E-state index contributed by atoms with van der Waals surface area (Å²) in [6, 6.07) is 8.24. The molecule has 178 valence electrons. The molecule has 1 spiro atoms. The first kappa shape index (κ1) is 21.6. The Morgan fingerprint density at radius 2 is 1.71 bits per heavy atom. The van der Waals surface area contributed by atoms with E-state index in [2.05, 4.69) is 6.58 Å². The molecule has 2 N–H and O–H groups in total. The third-order valence-electron chi connectivity index (χ3n) is 8.45. The van der Waals surface area contributed by atoms with E-state index in [9.17, 15) is 18.6 Å². The fourth-order valence-electron chi connectivity index (χ4n) is 7.14. The van der Waals surface area contributed by atoms with E-state index in [-0.39, 0.29) is 28.5 Å². The van der Waals surface area contributed by atoms with Gasteiger partial charge in [0.25, 0.3) is 0 Å². The molecular weight excluding hydrogens is 450 g/mol. The molecule has 2 bridgehead atoms. The van der Waals surface area contributed by atoms with Crippen molar-refractivity contribution in [2.75, 3.05) is 6.26 Å². The van der Waals surface area contributed by atoms with Gasteiger partial charge in [-0.1, -0.05) is 31.9 Å². The lowest BCUT2D eigenvalue weighted by molar-refractivity contribution is 0.115. The second-order valence-electron chi connectivity index (χ2n) is 10.1. The topological polar surface area (TPSA) is 92.7 Å². The van der Waals surface area contributed by atoms with Crippen LogP contribution in [0.5, 0.6) is 11.8 Å². The third kappa shape index (κ3) is 2.70. The van der Waals surface area contributed by atoms with Gasteiger partial charge in [-0.15, -0.1) is 0 Å². The van der Waals surface area contributed by atoms with Crippen LogP contribution in [0.25, 0.3) is 11.3 Å². The van der Waals surface area contributed by atoms with Gasteiger partial charge in [0.15, 0.2) is 9.84 Å². The van der Waals surface area contributed by atoms with E-state index < -0.39 is 15.3 Å². The molecule has 3 aromatic rings. The molecule has 0 amide bonds. The van der Waals surface area contributed by atoms with E-state index in [1.165, 1.54) is 16.7 Å². The predicted molar refractivity (Wildman–Crippen MR) is 129 cm³/mol. The van der Waals surface area contributed by atoms with Crippen LogP contribution in [0.1, 0.15) is 67.4 Å². The number of hydrogen-bond donors (Lipinski definition) is 2. The van der Waals surface area contributed by atoms with Crippen LogP contribution in [-0.2, 0) is 15.3 Å². The smallest absolute Gasteiger partial charge is 0.207 e. The van der Waals surface area contributed by atoms with Gasteiger partial charge in [0.1, 0.15) is 5.76 Å². The summed E-state index contributed by atoms with van der Waals surface area (Å²) in [4.78, 5) is 0.127. The number of aromatic hydroxyl groups is 2. The Bertz CT molecular complexity index is 1410. The first-order valence-electron chi connectivity index (χ1n) is 12.0. The molecule has 0 radical (unpaired) electrons. The minimum atomic E-state index is -3.46. The fraction of sp³-hybridized carbons (Fsp3) is 0.407. The van der Waals surface area contributed by atoms with Crippen LogP contribution in [0, 0.1) is 11.8 Å². The molecule has 3 aliphatic carbocycles. The Labute approximate surface area is 199 Å². The zero-order chi connectivity index (χ0) is 23.8. The Kier molecular flexibility index (Phi) is 4.63. The lowest BCUT2D eigenvalue weighted by atomic mass is 9.52. The first-order valence-corrected chi connectivity index (χ1v) is 13.9. The molecule has 2 unspecified atom stereocenters. The number of aromatic nitrogens is 1. The Hall–Kier alpha value is -2.93. The van der Waals surface area contributed by atoms with Crippen molar-refractivity contribution in [1.82, 2.24) is 4.57 Å². The molecule has 0 saturated heterocycles. The summed E-state index contributed by atoms with van der Waals surface area (Å²) < 4.78 is 32.0. The lowest BCUT2D eigenvalue weighted by Crippen LogP contribution is -2.47. The van der Waals surface area contributed by atoms with Crippen LogP contribution in [0.4, 0.5) is 0 Å². The first-order chi connectivity index (χ1) is 16.3. The molecular formula is C27H29NO5S. The second kappa shape index (κ2) is 7.28. The SMILES string of the molecule is C=C1c2ccoc2C2(c3c1c(O)n(-c1cccc(S(C)(=O)=O)c1)c3O)C1CCCCC2CCC1. The van der Waals surface area contributed by atoms with Crippen LogP contribution in [0.3, 0.4) is 0 Å². The van der Waals surface area contributed by atoms with Gasteiger partial charge in [-0.3, -0.25) is 4.57 Å². The van der Waals surface area contributed by atoms with Crippen LogP contribution in [0.15, 0.2) is 52.5 Å². The summed E-state index contributed by atoms with van der Waals surface area (Å²) >= 11 is 0. The average Bonchev–Trinajstić information content (AvgIpc) is 3.38. The molecule has 6 rings (SSSR count). The maximum atomic E-state index is 12.2. The van der Waals surface area contributed by atoms with Gasteiger partial charge in [0.2, 0.25) is 11.8 Å². The molecule has 6 nitrogen and oxygen atoms in total. The van der Waals surface area contributed by atoms with Crippen molar-refractivity contribution >= 4 is 15.4 Å². The summed E-state index contributed by atoms with van der Waals surface area (Å²) in [5, 5.41) is 23.4. The zero-order valence-corrected chi connectivity index (χ0v) is 20.1. The molecule has 0 aliphatic heterocycles. The van der Waals surface area contributed by atoms with Gasteiger partial charge in [-0.2, -0.15) is 0 Å². The van der Waals surface area contributed by atoms with Crippen LogP contribution >= 0.6 is 0 Å². The number of sulfone groups is 1. The normalized spacial score (nSPS) is 26.2. The van der Waals surface area contributed by atoms with Gasteiger partial charge in [0.05, 0.1) is 27.8 Å². The van der Waals surface area contributed by atoms with Crippen molar-refractivity contribution in [2.24, 2.45) is 11.8 Å². The number of nitrogens with zero attached hydrogens (tertiary/aromatic N) is 1. The molecule has 2 saturated carbocycles. The fourth-order valence-corrected chi connectivity index (χ4v) is 7.80. The number of rotatable bonds is 2. The molecule has 3 aliphatic rings. The molecule has 1 aromatic carbocycles. The largest absolute Gasteiger partial charge is 0.494 e. The number of benzene rings is 1. The van der Waals surface area contributed by atoms with E-state index >= 15 is 0 Å². The van der Waals surface area contributed by atoms with Crippen molar-refractivity contribution in [3.05, 3.63) is 65.6 Å². The Morgan fingerprint density at radius 3 is 2.38 bits per heavy atom. The third-order valence-corrected chi connectivity index (χ3v) is 9.56. The van der Waals surface area contributed by atoms with Crippen molar-refractivity contribution < 1.29 is 23.0 Å². The number of fused-ring (bicyclic) bond motifs is 2. The number of furan rings is 1. The van der Waals surface area contributed by atoms with Crippen molar-refractivity contribution in [3.63, 3.8) is 0 Å². The minimum Gasteiger partial charge on any atom is -0.494 e. The highest BCUT2D eigenvalue weighted by Gasteiger charge is 2.59. The summed E-state index contributed by atoms with van der Waals surface area (Å²) in [7, 11) is -3.46. The van der Waals surface area contributed by atoms with E-state index in [1.807, 2.05) is 6.07 Å². The van der Waals surface area contributed by atoms with Crippen molar-refractivity contribution in [2.45, 2.75) is 55.3 Å². The molecule has 2 heterocycles. The second-order valence-corrected chi connectivity index (χ2v) is 12.1. The van der Waals surface area contributed by atoms with E-state index in [4.69, 9.17) is 4.42 Å². The molecule has 34 heavy (non-hydrogen) atoms. The zero-order valence-electron chi connectivity index (χ0n) is 19.3. The standard InChI is InChI=1S/C27H29NO5S/c1-16-21-13-14-33-24(21)27(17-7-3-4-8-18(27)10-5-9-17)23-22(16)25(29)28(26(23)30)19-11-6-12-20(15-19)34(2,31)32/h6,11-15,17-18,29-30H,1,3-5,7-10H2,2H3. The average molecular weight is 480 g/mol. The van der Waals surface area contributed by atoms with Crippen molar-refractivity contribution in [3.8, 4) is 17.4 Å². The maximum absolute atomic E-state index is 12.2. The Balaban J connectivity index is 1.69. The van der Waals surface area contributed by atoms with Crippen LogP contribution in [-0.4, -0.2) is 29.5 Å². The monoisotopic (exact) mass is 479 g/mol. The summed E-state index contributed by atoms with van der Waals surface area (Å²) in [6.45, 7) is 4.29. The number of hydrogen-bond acceptors (Lipinski definition) is 5. The summed E-state index contributed by atoms with van der Waals surface area (Å²) in [5.74, 6) is 1.26. The van der Waals surface area contributed by atoms with E-state index in [1.54, 1.807) is 18.4 Å². The molecule has 2 aromatic heterocycles. The van der Waals surface area contributed by atoms with Crippen LogP contribution < -0.4 is 0 Å². The molecule has 2 fully saturated rings. The highest BCUT2D eigenvalue weighted by molar-refractivity contribution is 7.90. The predicted octanol–water partition coefficient (Wildman–Crippen LogP) is 5.54. The highest BCUT2D eigenvalue weighted by Crippen LogP contribution is 2.65. The Morgan fingerprint density at radius 1 is 1.03 bits per heavy atom. The molecule has 7 heteroatoms. The lowest BCUT2D eigenvalue weighted by Gasteiger charge is -2.50. The van der Waals surface area contributed by atoms with E-state index in [0.717, 1.165) is 62.5 Å². The minimum absolute atomic E-state index is 0.0554. The van der Waals surface area contributed by atoms with Gasteiger partial charge < -0.3 is 14.6 Å². The maximum Gasteiger partial charge on any atom is 0.207 e. The van der Waals surface area contributed by atoms with Gasteiger partial charge in [0, 0.05) is 17.4 Å². The van der Waals surface area contributed by atoms with Crippen molar-refractivity contribution in [1.29, 1.82) is 0 Å². The van der Waals surface area contributed by atoms with Crippen LogP contribution in [0.2, 0.25) is 0 Å². The summed E-state index contributed by atoms with van der Waals surface area (Å²) in [5.41, 5.74) is 2.62. The van der Waals surface area contributed by atoms with Gasteiger partial charge in [-0.25, -0.2) is 8.42 Å². The van der Waals surface area contributed by atoms with Gasteiger partial charge >= 0.3 is 0 Å².